The van der Waals surface area contributed by atoms with Crippen LogP contribution >= 0.6 is 23.2 Å². The molecule has 0 aliphatic carbocycles. The highest BCUT2D eigenvalue weighted by molar-refractivity contribution is 6.33. The number of aromatic nitrogens is 1. The van der Waals surface area contributed by atoms with Crippen molar-refractivity contribution in [2.45, 2.75) is 0 Å². The molecule has 0 saturated heterocycles. The Bertz CT molecular complexity index is 728. The number of hydrogen-bond donors (Lipinski definition) is 2. The van der Waals surface area contributed by atoms with E-state index in [4.69, 9.17) is 48.3 Å². The normalized spacial score (nSPS) is 11.6. The van der Waals surface area contributed by atoms with E-state index in [-0.39, 0.29) is 29.7 Å². The van der Waals surface area contributed by atoms with Crippen molar-refractivity contribution in [2.75, 3.05) is 12.5 Å². The van der Waals surface area contributed by atoms with Gasteiger partial charge >= 0.3 is 0 Å². The van der Waals surface area contributed by atoms with Gasteiger partial charge in [-0.05, 0) is 12.1 Å². The van der Waals surface area contributed by atoms with E-state index in [1.165, 1.54) is 6.20 Å². The fourth-order valence-electron chi connectivity index (χ4n) is 1.82. The smallest absolute Gasteiger partial charge is 0.290 e. The minimum absolute atomic E-state index is 0.0246. The number of anilines is 1. The first-order valence-electron chi connectivity index (χ1n) is 5.77. The SMILES string of the molecule is Nc1c(Cl)cnc(-c2ccc(Cl)c3c2OCO3)c1F.O=CO. The Hall–Kier alpha value is -2.25. The number of nitrogens with two attached hydrogens (primary N) is 1. The van der Waals surface area contributed by atoms with Crippen molar-refractivity contribution in [3.05, 3.63) is 34.2 Å². The zero-order valence-corrected chi connectivity index (χ0v) is 12.4. The van der Waals surface area contributed by atoms with Gasteiger partial charge in [0.15, 0.2) is 17.3 Å². The van der Waals surface area contributed by atoms with Crippen LogP contribution in [-0.4, -0.2) is 23.4 Å². The number of fused-ring (bicyclic) bond motifs is 1. The minimum atomic E-state index is -0.701. The lowest BCUT2D eigenvalue weighted by atomic mass is 10.1. The Morgan fingerprint density at radius 1 is 1.27 bits per heavy atom. The molecule has 0 spiro atoms. The van der Waals surface area contributed by atoms with Crippen molar-refractivity contribution in [3.63, 3.8) is 0 Å². The summed E-state index contributed by atoms with van der Waals surface area (Å²) in [6.07, 6.45) is 1.28. The number of rotatable bonds is 1. The fourth-order valence-corrected chi connectivity index (χ4v) is 2.15. The molecule has 2 aromatic rings. The summed E-state index contributed by atoms with van der Waals surface area (Å²) < 4.78 is 24.6. The number of carbonyl (C=O) groups is 1. The maximum Gasteiger partial charge on any atom is 0.290 e. The zero-order valence-electron chi connectivity index (χ0n) is 10.8. The number of hydrogen-bond acceptors (Lipinski definition) is 5. The highest BCUT2D eigenvalue weighted by Gasteiger charge is 2.25. The first kappa shape index (κ1) is 16.1. The van der Waals surface area contributed by atoms with Crippen molar-refractivity contribution in [1.82, 2.24) is 4.98 Å². The van der Waals surface area contributed by atoms with Gasteiger partial charge in [0.2, 0.25) is 6.79 Å². The van der Waals surface area contributed by atoms with Crippen LogP contribution in [0.25, 0.3) is 11.3 Å². The van der Waals surface area contributed by atoms with Crippen LogP contribution in [0, 0.1) is 5.82 Å². The third-order valence-electron chi connectivity index (χ3n) is 2.73. The average Bonchev–Trinajstić information content (AvgIpc) is 2.98. The van der Waals surface area contributed by atoms with Crippen molar-refractivity contribution in [3.8, 4) is 22.8 Å². The summed E-state index contributed by atoms with van der Waals surface area (Å²) >= 11 is 11.7. The largest absolute Gasteiger partial charge is 0.483 e. The predicted octanol–water partition coefficient (Wildman–Crippen LogP) is 3.21. The molecule has 3 rings (SSSR count). The summed E-state index contributed by atoms with van der Waals surface area (Å²) in [5.74, 6) is 0.0158. The maximum absolute atomic E-state index is 14.1. The summed E-state index contributed by atoms with van der Waals surface area (Å²) in [5, 5.41) is 7.34. The van der Waals surface area contributed by atoms with Crippen LogP contribution in [0.4, 0.5) is 10.1 Å². The van der Waals surface area contributed by atoms with Crippen molar-refractivity contribution in [2.24, 2.45) is 0 Å². The third-order valence-corrected chi connectivity index (χ3v) is 3.33. The minimum Gasteiger partial charge on any atom is -0.483 e. The lowest BCUT2D eigenvalue weighted by Gasteiger charge is -2.09. The highest BCUT2D eigenvalue weighted by atomic mass is 35.5. The molecular weight excluding hydrogens is 338 g/mol. The van der Waals surface area contributed by atoms with E-state index in [0.717, 1.165) is 0 Å². The van der Waals surface area contributed by atoms with Crippen molar-refractivity contribution >= 4 is 35.4 Å². The van der Waals surface area contributed by atoms with Crippen LogP contribution in [0.5, 0.6) is 11.5 Å². The Morgan fingerprint density at radius 3 is 2.59 bits per heavy atom. The molecule has 116 valence electrons. The second kappa shape index (κ2) is 6.67. The van der Waals surface area contributed by atoms with Gasteiger partial charge in [0.05, 0.1) is 15.7 Å². The molecule has 0 bridgehead atoms. The highest BCUT2D eigenvalue weighted by Crippen LogP contribution is 2.46. The Kier molecular flexibility index (Phi) is 4.89. The molecule has 0 saturated carbocycles. The van der Waals surface area contributed by atoms with Gasteiger partial charge < -0.3 is 20.3 Å². The summed E-state index contributed by atoms with van der Waals surface area (Å²) in [5.41, 5.74) is 5.85. The number of halogens is 3. The summed E-state index contributed by atoms with van der Waals surface area (Å²) in [4.78, 5) is 12.3. The second-order valence-electron chi connectivity index (χ2n) is 3.95. The van der Waals surface area contributed by atoms with E-state index < -0.39 is 5.82 Å². The second-order valence-corrected chi connectivity index (χ2v) is 4.76. The fraction of sp³-hybridized carbons (Fsp3) is 0.0769. The lowest BCUT2D eigenvalue weighted by Crippen LogP contribution is -1.99. The van der Waals surface area contributed by atoms with Crippen molar-refractivity contribution < 1.29 is 23.8 Å². The molecule has 1 aromatic heterocycles. The van der Waals surface area contributed by atoms with E-state index in [1.807, 2.05) is 0 Å². The van der Waals surface area contributed by atoms with Gasteiger partial charge in [-0.2, -0.15) is 0 Å². The molecule has 0 atom stereocenters. The number of ether oxygens (including phenoxy) is 2. The molecule has 6 nitrogen and oxygen atoms in total. The molecule has 0 unspecified atom stereocenters. The van der Waals surface area contributed by atoms with Gasteiger partial charge in [-0.1, -0.05) is 23.2 Å². The molecule has 22 heavy (non-hydrogen) atoms. The van der Waals surface area contributed by atoms with Gasteiger partial charge in [-0.15, -0.1) is 0 Å². The molecule has 3 N–H and O–H groups in total. The van der Waals surface area contributed by atoms with Crippen LogP contribution in [0.15, 0.2) is 18.3 Å². The van der Waals surface area contributed by atoms with Gasteiger partial charge in [0.1, 0.15) is 5.69 Å². The quantitative estimate of drug-likeness (QED) is 0.770. The maximum atomic E-state index is 14.1. The van der Waals surface area contributed by atoms with Gasteiger partial charge in [0.25, 0.3) is 6.47 Å². The molecular formula is C13H9Cl2FN2O4. The van der Waals surface area contributed by atoms with E-state index in [9.17, 15) is 4.39 Å². The molecule has 1 aliphatic rings. The van der Waals surface area contributed by atoms with Crippen LogP contribution in [0.2, 0.25) is 10.0 Å². The van der Waals surface area contributed by atoms with Gasteiger partial charge in [-0.3, -0.25) is 9.78 Å². The molecule has 0 fully saturated rings. The number of pyridine rings is 1. The Labute approximate surface area is 134 Å². The first-order chi connectivity index (χ1) is 10.5. The average molecular weight is 347 g/mol. The summed E-state index contributed by atoms with van der Waals surface area (Å²) in [6.45, 7) is -0.225. The summed E-state index contributed by atoms with van der Waals surface area (Å²) in [6, 6.07) is 3.17. The molecule has 0 radical (unpaired) electrons. The number of benzene rings is 1. The van der Waals surface area contributed by atoms with E-state index >= 15 is 0 Å². The zero-order chi connectivity index (χ0) is 16.3. The standard InChI is InChI=1S/C12H7Cl2FN2O2.CH2O2/c13-6-2-1-5(11-12(6)19-4-18-11)10-8(15)9(16)7(14)3-17-10;2-1-3/h1-3H,4H2,(H2,16,17);1H,(H,2,3). The number of nitrogen functional groups attached to an aromatic ring is 1. The van der Waals surface area contributed by atoms with E-state index in [0.29, 0.717) is 22.1 Å². The van der Waals surface area contributed by atoms with E-state index in [1.54, 1.807) is 12.1 Å². The molecule has 1 aliphatic heterocycles. The van der Waals surface area contributed by atoms with Gasteiger partial charge in [-0.25, -0.2) is 4.39 Å². The van der Waals surface area contributed by atoms with Crippen LogP contribution < -0.4 is 15.2 Å². The molecule has 1 aromatic carbocycles. The lowest BCUT2D eigenvalue weighted by molar-refractivity contribution is -0.122. The monoisotopic (exact) mass is 346 g/mol. The molecule has 2 heterocycles. The Balaban J connectivity index is 0.000000545. The van der Waals surface area contributed by atoms with Crippen molar-refractivity contribution in [1.29, 1.82) is 0 Å². The van der Waals surface area contributed by atoms with E-state index in [2.05, 4.69) is 4.98 Å². The molecule has 0 amide bonds. The Morgan fingerprint density at radius 2 is 1.91 bits per heavy atom. The van der Waals surface area contributed by atoms with Crippen LogP contribution in [-0.2, 0) is 4.79 Å². The van der Waals surface area contributed by atoms with Crippen LogP contribution in [0.1, 0.15) is 0 Å². The number of nitrogens with zero attached hydrogens (tertiary/aromatic N) is 1. The molecule has 9 heteroatoms. The predicted molar refractivity (Wildman–Crippen MR) is 78.9 cm³/mol. The van der Waals surface area contributed by atoms with Gasteiger partial charge in [0, 0.05) is 11.8 Å². The van der Waals surface area contributed by atoms with Crippen LogP contribution in [0.3, 0.4) is 0 Å². The summed E-state index contributed by atoms with van der Waals surface area (Å²) in [7, 11) is 0. The first-order valence-corrected chi connectivity index (χ1v) is 6.52. The number of carboxylic acid groups (broad SMARTS) is 1. The topological polar surface area (TPSA) is 94.7 Å². The third kappa shape index (κ3) is 2.86.